The highest BCUT2D eigenvalue weighted by atomic mass is 35.5. The van der Waals surface area contributed by atoms with Crippen LogP contribution in [0.15, 0.2) is 18.3 Å². The van der Waals surface area contributed by atoms with E-state index in [-0.39, 0.29) is 21.3 Å². The summed E-state index contributed by atoms with van der Waals surface area (Å²) >= 11 is 13.0. The zero-order valence-electron chi connectivity index (χ0n) is 10.6. The molecule has 0 unspecified atom stereocenters. The summed E-state index contributed by atoms with van der Waals surface area (Å²) in [6.07, 6.45) is 1.61. The summed E-state index contributed by atoms with van der Waals surface area (Å²) in [5.74, 6) is -1.25. The van der Waals surface area contributed by atoms with Crippen molar-refractivity contribution in [2.75, 3.05) is 10.6 Å². The Kier molecular flexibility index (Phi) is 4.66. The highest BCUT2D eigenvalue weighted by molar-refractivity contribution is 7.15. The van der Waals surface area contributed by atoms with Crippen molar-refractivity contribution in [2.24, 2.45) is 0 Å². The molecule has 6 nitrogen and oxygen atoms in total. The zero-order chi connectivity index (χ0) is 15.6. The van der Waals surface area contributed by atoms with E-state index in [2.05, 4.69) is 15.6 Å². The van der Waals surface area contributed by atoms with Gasteiger partial charge in [0.05, 0.1) is 16.3 Å². The van der Waals surface area contributed by atoms with Crippen LogP contribution in [0.4, 0.5) is 15.6 Å². The van der Waals surface area contributed by atoms with E-state index in [4.69, 9.17) is 28.3 Å². The van der Waals surface area contributed by atoms with Crippen LogP contribution in [0.1, 0.15) is 15.2 Å². The fourth-order valence-electron chi connectivity index (χ4n) is 1.52. The Hall–Kier alpha value is -1.83. The molecule has 9 heteroatoms. The molecule has 2 aromatic rings. The number of nitrogens with one attached hydrogen (secondary N) is 2. The number of aromatic nitrogens is 1. The molecule has 2 amide bonds. The fraction of sp³-hybridized carbons (Fsp3) is 0.0833. The third-order valence-corrected chi connectivity index (χ3v) is 3.71. The van der Waals surface area contributed by atoms with Crippen molar-refractivity contribution >= 4 is 57.4 Å². The summed E-state index contributed by atoms with van der Waals surface area (Å²) in [5.41, 5.74) is -0.225. The summed E-state index contributed by atoms with van der Waals surface area (Å²) in [6.45, 7) is 1.85. The minimum atomic E-state index is -1.25. The molecule has 0 bridgehead atoms. The van der Waals surface area contributed by atoms with Crippen molar-refractivity contribution in [1.82, 2.24) is 4.98 Å². The van der Waals surface area contributed by atoms with Gasteiger partial charge in [-0.05, 0) is 19.1 Å². The molecule has 2 rings (SSSR count). The van der Waals surface area contributed by atoms with Gasteiger partial charge in [0, 0.05) is 16.1 Å². The van der Waals surface area contributed by atoms with Crippen LogP contribution < -0.4 is 10.6 Å². The second kappa shape index (κ2) is 6.30. The van der Waals surface area contributed by atoms with Gasteiger partial charge in [0.25, 0.3) is 0 Å². The van der Waals surface area contributed by atoms with E-state index >= 15 is 0 Å². The average Bonchev–Trinajstić information content (AvgIpc) is 2.77. The van der Waals surface area contributed by atoms with E-state index in [1.807, 2.05) is 6.92 Å². The lowest BCUT2D eigenvalue weighted by Gasteiger charge is -2.11. The summed E-state index contributed by atoms with van der Waals surface area (Å²) in [6, 6.07) is 1.91. The van der Waals surface area contributed by atoms with Crippen LogP contribution in [0.3, 0.4) is 0 Å². The van der Waals surface area contributed by atoms with Crippen molar-refractivity contribution in [1.29, 1.82) is 0 Å². The Labute approximate surface area is 133 Å². The normalized spacial score (nSPS) is 10.2. The predicted octanol–water partition coefficient (Wildman–Crippen LogP) is 4.10. The summed E-state index contributed by atoms with van der Waals surface area (Å²) in [7, 11) is 0. The maximum atomic E-state index is 11.9. The first kappa shape index (κ1) is 15.6. The van der Waals surface area contributed by atoms with Crippen LogP contribution in [0.25, 0.3) is 0 Å². The number of carbonyl (C=O) groups is 2. The summed E-state index contributed by atoms with van der Waals surface area (Å²) < 4.78 is 0. The van der Waals surface area contributed by atoms with Gasteiger partial charge in [-0.3, -0.25) is 5.32 Å². The molecule has 0 saturated heterocycles. The molecule has 0 aliphatic carbocycles. The minimum absolute atomic E-state index is 0.0284. The number of hydrogen-bond acceptors (Lipinski definition) is 4. The van der Waals surface area contributed by atoms with Crippen LogP contribution >= 0.6 is 34.5 Å². The topological polar surface area (TPSA) is 91.3 Å². The quantitative estimate of drug-likeness (QED) is 0.780. The monoisotopic (exact) mass is 345 g/mol. The number of amides is 2. The smallest absolute Gasteiger partial charge is 0.337 e. The molecular weight excluding hydrogens is 337 g/mol. The highest BCUT2D eigenvalue weighted by Crippen LogP contribution is 2.30. The average molecular weight is 346 g/mol. The molecule has 1 aromatic carbocycles. The molecule has 21 heavy (non-hydrogen) atoms. The number of thiazole rings is 1. The lowest BCUT2D eigenvalue weighted by Crippen LogP contribution is -2.21. The largest absolute Gasteiger partial charge is 0.478 e. The number of carboxylic acids is 1. The van der Waals surface area contributed by atoms with Crippen molar-refractivity contribution in [3.8, 4) is 0 Å². The van der Waals surface area contributed by atoms with E-state index in [1.165, 1.54) is 23.5 Å². The molecule has 0 atom stereocenters. The lowest BCUT2D eigenvalue weighted by molar-refractivity contribution is 0.0698. The number of benzene rings is 1. The molecule has 0 radical (unpaired) electrons. The predicted molar refractivity (Wildman–Crippen MR) is 82.9 cm³/mol. The number of urea groups is 1. The first-order chi connectivity index (χ1) is 9.86. The van der Waals surface area contributed by atoms with Crippen molar-refractivity contribution in [2.45, 2.75) is 6.92 Å². The zero-order valence-corrected chi connectivity index (χ0v) is 12.9. The van der Waals surface area contributed by atoms with E-state index in [1.54, 1.807) is 6.20 Å². The van der Waals surface area contributed by atoms with E-state index in [9.17, 15) is 9.59 Å². The maximum Gasteiger partial charge on any atom is 0.337 e. The Bertz CT molecular complexity index is 718. The van der Waals surface area contributed by atoms with E-state index in [0.29, 0.717) is 5.13 Å². The Morgan fingerprint density at radius 1 is 1.29 bits per heavy atom. The first-order valence-electron chi connectivity index (χ1n) is 5.59. The van der Waals surface area contributed by atoms with Crippen LogP contribution in [-0.2, 0) is 0 Å². The molecule has 110 valence electrons. The van der Waals surface area contributed by atoms with Gasteiger partial charge in [-0.1, -0.05) is 23.2 Å². The van der Waals surface area contributed by atoms with E-state index < -0.39 is 12.0 Å². The number of rotatable bonds is 3. The third-order valence-electron chi connectivity index (χ3n) is 2.37. The first-order valence-corrected chi connectivity index (χ1v) is 7.17. The van der Waals surface area contributed by atoms with Gasteiger partial charge in [0.2, 0.25) is 0 Å². The molecule has 0 spiro atoms. The molecule has 1 aromatic heterocycles. The number of anilines is 2. The fourth-order valence-corrected chi connectivity index (χ4v) is 2.72. The van der Waals surface area contributed by atoms with Crippen LogP contribution in [-0.4, -0.2) is 22.1 Å². The summed E-state index contributed by atoms with van der Waals surface area (Å²) in [5, 5.41) is 14.6. The van der Waals surface area contributed by atoms with Crippen molar-refractivity contribution in [3.05, 3.63) is 38.8 Å². The van der Waals surface area contributed by atoms with Gasteiger partial charge in [-0.2, -0.15) is 0 Å². The summed E-state index contributed by atoms with van der Waals surface area (Å²) in [4.78, 5) is 27.9. The Morgan fingerprint density at radius 3 is 2.57 bits per heavy atom. The molecule has 1 heterocycles. The van der Waals surface area contributed by atoms with Gasteiger partial charge in [0.1, 0.15) is 0 Å². The number of carbonyl (C=O) groups excluding carboxylic acids is 1. The number of aromatic carboxylic acids is 1. The molecule has 3 N–H and O–H groups in total. The van der Waals surface area contributed by atoms with Crippen LogP contribution in [0.5, 0.6) is 0 Å². The van der Waals surface area contributed by atoms with Crippen molar-refractivity contribution < 1.29 is 14.7 Å². The Balaban J connectivity index is 2.22. The van der Waals surface area contributed by atoms with Crippen molar-refractivity contribution in [3.63, 3.8) is 0 Å². The highest BCUT2D eigenvalue weighted by Gasteiger charge is 2.17. The maximum absolute atomic E-state index is 11.9. The number of nitrogens with zero attached hydrogens (tertiary/aromatic N) is 1. The molecular formula is C12H9Cl2N3O3S. The van der Waals surface area contributed by atoms with E-state index in [0.717, 1.165) is 4.88 Å². The minimum Gasteiger partial charge on any atom is -0.478 e. The standard InChI is InChI=1S/C12H9Cl2N3O3S/c1-5-4-15-12(21-5)17-11(20)16-9-7(10(18)19)2-6(13)3-8(9)14/h2-4H,1H3,(H,18,19)(H2,15,16,17,20). The second-order valence-corrected chi connectivity index (χ2v) is 6.05. The molecule has 0 saturated carbocycles. The van der Waals surface area contributed by atoms with Crippen LogP contribution in [0.2, 0.25) is 10.0 Å². The molecule has 0 aliphatic rings. The van der Waals surface area contributed by atoms with Gasteiger partial charge in [0.15, 0.2) is 5.13 Å². The van der Waals surface area contributed by atoms with Crippen LogP contribution in [0, 0.1) is 6.92 Å². The van der Waals surface area contributed by atoms with Gasteiger partial charge < -0.3 is 10.4 Å². The third kappa shape index (κ3) is 3.84. The second-order valence-electron chi connectivity index (χ2n) is 3.97. The number of aryl methyl sites for hydroxylation is 1. The Morgan fingerprint density at radius 2 is 2.00 bits per heavy atom. The number of hydrogen-bond donors (Lipinski definition) is 3. The molecule has 0 aliphatic heterocycles. The SMILES string of the molecule is Cc1cnc(NC(=O)Nc2c(Cl)cc(Cl)cc2C(=O)O)s1. The number of carboxylic acid groups (broad SMARTS) is 1. The molecule has 0 fully saturated rings. The number of halogens is 2. The van der Waals surface area contributed by atoms with Gasteiger partial charge in [-0.25, -0.2) is 14.6 Å². The van der Waals surface area contributed by atoms with Gasteiger partial charge in [-0.15, -0.1) is 11.3 Å². The van der Waals surface area contributed by atoms with Gasteiger partial charge >= 0.3 is 12.0 Å². The lowest BCUT2D eigenvalue weighted by atomic mass is 10.2.